The first-order valence-corrected chi connectivity index (χ1v) is 13.7. The van der Waals surface area contributed by atoms with Crippen molar-refractivity contribution in [2.45, 2.75) is 32.1 Å². The van der Waals surface area contributed by atoms with Gasteiger partial charge in [-0.15, -0.1) is 0 Å². The minimum atomic E-state index is 0.114. The molecule has 1 aliphatic carbocycles. The standard InChI is InChI=1S/C28H36N4O2S/c1-34-24-12-10-21(11-13-24)18-27(33)29-19-22-6-2-3-7-23(22)20-31-14-16-32(17-15-31)28-25-8-4-5-9-26(25)35-30-28/h4-5,8-13,22-23H,2-3,6-7,14-20H2,1H3,(H,29,33)/t22-,23+/m1/s1. The predicted octanol–water partition coefficient (Wildman–Crippen LogP) is 4.59. The van der Waals surface area contributed by atoms with Crippen LogP contribution in [0.1, 0.15) is 31.2 Å². The van der Waals surface area contributed by atoms with Gasteiger partial charge in [0, 0.05) is 44.7 Å². The quantitative estimate of drug-likeness (QED) is 0.498. The maximum Gasteiger partial charge on any atom is 0.224 e. The monoisotopic (exact) mass is 492 g/mol. The normalized spacial score (nSPS) is 21.2. The molecule has 2 atom stereocenters. The number of ether oxygens (including phenoxy) is 1. The highest BCUT2D eigenvalue weighted by Gasteiger charge is 2.29. The van der Waals surface area contributed by atoms with Crippen LogP contribution in [0.3, 0.4) is 0 Å². The van der Waals surface area contributed by atoms with E-state index in [0.29, 0.717) is 18.3 Å². The van der Waals surface area contributed by atoms with Crippen molar-refractivity contribution in [1.29, 1.82) is 0 Å². The zero-order valence-electron chi connectivity index (χ0n) is 20.6. The smallest absolute Gasteiger partial charge is 0.224 e. The Morgan fingerprint density at radius 2 is 1.77 bits per heavy atom. The lowest BCUT2D eigenvalue weighted by molar-refractivity contribution is -0.120. The van der Waals surface area contributed by atoms with Gasteiger partial charge >= 0.3 is 0 Å². The molecule has 1 saturated heterocycles. The number of piperazine rings is 1. The molecule has 7 heteroatoms. The van der Waals surface area contributed by atoms with Gasteiger partial charge in [-0.05, 0) is 66.0 Å². The molecule has 2 aliphatic rings. The molecular formula is C28H36N4O2S. The molecule has 0 radical (unpaired) electrons. The van der Waals surface area contributed by atoms with Gasteiger partial charge in [-0.3, -0.25) is 9.69 Å². The first-order chi connectivity index (χ1) is 17.2. The zero-order chi connectivity index (χ0) is 24.0. The number of methoxy groups -OCH3 is 1. The molecule has 35 heavy (non-hydrogen) atoms. The van der Waals surface area contributed by atoms with Gasteiger partial charge in [0.1, 0.15) is 11.6 Å². The number of anilines is 1. The summed E-state index contributed by atoms with van der Waals surface area (Å²) in [5.41, 5.74) is 1.02. The molecule has 5 rings (SSSR count). The maximum absolute atomic E-state index is 12.6. The Bertz CT molecular complexity index is 1110. The minimum absolute atomic E-state index is 0.114. The summed E-state index contributed by atoms with van der Waals surface area (Å²) in [5.74, 6) is 3.32. The van der Waals surface area contributed by atoms with Crippen LogP contribution in [0.5, 0.6) is 5.75 Å². The number of carbonyl (C=O) groups excluding carboxylic acids is 1. The minimum Gasteiger partial charge on any atom is -0.497 e. The average Bonchev–Trinajstić information content (AvgIpc) is 3.33. The van der Waals surface area contributed by atoms with Crippen molar-refractivity contribution in [2.24, 2.45) is 11.8 Å². The highest BCUT2D eigenvalue weighted by molar-refractivity contribution is 7.13. The molecular weight excluding hydrogens is 456 g/mol. The largest absolute Gasteiger partial charge is 0.497 e. The average molecular weight is 493 g/mol. The third kappa shape index (κ3) is 5.96. The number of carbonyl (C=O) groups is 1. The number of hydrogen-bond donors (Lipinski definition) is 1. The Kier molecular flexibility index (Phi) is 7.84. The van der Waals surface area contributed by atoms with Crippen LogP contribution in [0.4, 0.5) is 5.82 Å². The van der Waals surface area contributed by atoms with Crippen molar-refractivity contribution in [2.75, 3.05) is 51.3 Å². The molecule has 186 valence electrons. The van der Waals surface area contributed by atoms with Crippen LogP contribution in [-0.4, -0.2) is 61.6 Å². The Hall–Kier alpha value is -2.64. The molecule has 0 bridgehead atoms. The van der Waals surface area contributed by atoms with Crippen molar-refractivity contribution in [3.05, 3.63) is 54.1 Å². The Morgan fingerprint density at radius 1 is 1.03 bits per heavy atom. The second kappa shape index (κ2) is 11.4. The van der Waals surface area contributed by atoms with Crippen LogP contribution in [0.15, 0.2) is 48.5 Å². The summed E-state index contributed by atoms with van der Waals surface area (Å²) in [6, 6.07) is 16.3. The summed E-state index contributed by atoms with van der Waals surface area (Å²) in [7, 11) is 1.66. The fourth-order valence-corrected chi connectivity index (χ4v) is 6.40. The van der Waals surface area contributed by atoms with Gasteiger partial charge < -0.3 is 15.0 Å². The van der Waals surface area contributed by atoms with Gasteiger partial charge in [-0.25, -0.2) is 0 Å². The van der Waals surface area contributed by atoms with Gasteiger partial charge in [0.25, 0.3) is 0 Å². The predicted molar refractivity (Wildman–Crippen MR) is 143 cm³/mol. The molecule has 1 aliphatic heterocycles. The maximum atomic E-state index is 12.6. The second-order valence-electron chi connectivity index (χ2n) is 9.92. The Labute approximate surface area is 212 Å². The van der Waals surface area contributed by atoms with E-state index in [4.69, 9.17) is 9.11 Å². The molecule has 1 saturated carbocycles. The second-order valence-corrected chi connectivity index (χ2v) is 10.7. The van der Waals surface area contributed by atoms with E-state index >= 15 is 0 Å². The zero-order valence-corrected chi connectivity index (χ0v) is 21.4. The van der Waals surface area contributed by atoms with E-state index < -0.39 is 0 Å². The summed E-state index contributed by atoms with van der Waals surface area (Å²) in [6.07, 6.45) is 5.51. The van der Waals surface area contributed by atoms with Crippen LogP contribution in [0, 0.1) is 11.8 Å². The molecule has 1 N–H and O–H groups in total. The molecule has 0 unspecified atom stereocenters. The summed E-state index contributed by atoms with van der Waals surface area (Å²) in [4.78, 5) is 17.7. The highest BCUT2D eigenvalue weighted by atomic mass is 32.1. The van der Waals surface area contributed by atoms with Crippen LogP contribution in [-0.2, 0) is 11.2 Å². The van der Waals surface area contributed by atoms with Crippen LogP contribution in [0.2, 0.25) is 0 Å². The molecule has 2 heterocycles. The van der Waals surface area contributed by atoms with E-state index in [1.54, 1.807) is 18.6 Å². The van der Waals surface area contributed by atoms with Crippen molar-refractivity contribution in [1.82, 2.24) is 14.6 Å². The van der Waals surface area contributed by atoms with Crippen LogP contribution < -0.4 is 15.0 Å². The molecule has 1 amide bonds. The van der Waals surface area contributed by atoms with E-state index in [-0.39, 0.29) is 5.91 Å². The summed E-state index contributed by atoms with van der Waals surface area (Å²) >= 11 is 1.60. The lowest BCUT2D eigenvalue weighted by Crippen LogP contribution is -2.49. The molecule has 6 nitrogen and oxygen atoms in total. The van der Waals surface area contributed by atoms with E-state index in [0.717, 1.165) is 56.4 Å². The number of amides is 1. The number of fused-ring (bicyclic) bond motifs is 1. The topological polar surface area (TPSA) is 57.7 Å². The molecule has 3 aromatic rings. The summed E-state index contributed by atoms with van der Waals surface area (Å²) < 4.78 is 11.2. The highest BCUT2D eigenvalue weighted by Crippen LogP contribution is 2.32. The summed E-state index contributed by atoms with van der Waals surface area (Å²) in [5, 5.41) is 4.52. The van der Waals surface area contributed by atoms with Crippen LogP contribution >= 0.6 is 11.5 Å². The third-order valence-electron chi connectivity index (χ3n) is 7.67. The van der Waals surface area contributed by atoms with E-state index in [1.165, 1.54) is 35.8 Å². The number of nitrogens with one attached hydrogen (secondary N) is 1. The first kappa shape index (κ1) is 24.1. The molecule has 2 fully saturated rings. The fourth-order valence-electron chi connectivity index (χ4n) is 5.60. The van der Waals surface area contributed by atoms with Gasteiger partial charge in [0.2, 0.25) is 5.91 Å². The molecule has 0 spiro atoms. The SMILES string of the molecule is COc1ccc(CC(=O)NC[C@H]2CCCC[C@H]2CN2CCN(c3nsc4ccccc34)CC2)cc1. The lowest BCUT2D eigenvalue weighted by atomic mass is 9.78. The van der Waals surface area contributed by atoms with E-state index in [1.807, 2.05) is 24.3 Å². The lowest BCUT2D eigenvalue weighted by Gasteiger charge is -2.40. The van der Waals surface area contributed by atoms with Crippen molar-refractivity contribution < 1.29 is 9.53 Å². The van der Waals surface area contributed by atoms with Gasteiger partial charge in [-0.1, -0.05) is 37.1 Å². The van der Waals surface area contributed by atoms with Crippen LogP contribution in [0.25, 0.3) is 10.1 Å². The third-order valence-corrected chi connectivity index (χ3v) is 8.49. The number of nitrogens with zero attached hydrogens (tertiary/aromatic N) is 3. The fraction of sp³-hybridized carbons (Fsp3) is 0.500. The summed E-state index contributed by atoms with van der Waals surface area (Å²) in [6.45, 7) is 6.17. The number of benzene rings is 2. The van der Waals surface area contributed by atoms with Gasteiger partial charge in [-0.2, -0.15) is 4.37 Å². The van der Waals surface area contributed by atoms with Crippen molar-refractivity contribution in [3.63, 3.8) is 0 Å². The van der Waals surface area contributed by atoms with E-state index in [9.17, 15) is 4.79 Å². The van der Waals surface area contributed by atoms with Crippen molar-refractivity contribution in [3.8, 4) is 5.75 Å². The molecule has 1 aromatic heterocycles. The van der Waals surface area contributed by atoms with E-state index in [2.05, 4.69) is 39.4 Å². The first-order valence-electron chi connectivity index (χ1n) is 12.9. The number of hydrogen-bond acceptors (Lipinski definition) is 6. The van der Waals surface area contributed by atoms with Crippen molar-refractivity contribution >= 4 is 33.3 Å². The number of aromatic nitrogens is 1. The molecule has 2 aromatic carbocycles. The number of rotatable bonds is 8. The van der Waals surface area contributed by atoms with Gasteiger partial charge in [0.05, 0.1) is 18.2 Å². The van der Waals surface area contributed by atoms with Gasteiger partial charge in [0.15, 0.2) is 0 Å². The Balaban J connectivity index is 1.10. The Morgan fingerprint density at radius 3 is 2.54 bits per heavy atom.